The fraction of sp³-hybridized carbons (Fsp3) is 0.120. The van der Waals surface area contributed by atoms with Gasteiger partial charge in [0.1, 0.15) is 17.3 Å². The molecule has 0 fully saturated rings. The first-order valence-electron chi connectivity index (χ1n) is 32.6. The van der Waals surface area contributed by atoms with E-state index in [0.717, 1.165) is 60.7 Å². The van der Waals surface area contributed by atoms with Crippen LogP contribution in [0.4, 0.5) is 22.7 Å². The molecule has 0 atom stereocenters. The Morgan fingerprint density at radius 2 is 1.08 bits per heavy atom. The average molecular weight is 1270 g/mol. The molecule has 0 saturated carbocycles. The molecule has 0 spiro atoms. The molecule has 83 heavy (non-hydrogen) atoms. The summed E-state index contributed by atoms with van der Waals surface area (Å²) in [5, 5.41) is 4.19. The first kappa shape index (κ1) is 42.7. The van der Waals surface area contributed by atoms with Crippen LogP contribution < -0.4 is 19.3 Å². The van der Waals surface area contributed by atoms with E-state index in [1.807, 2.05) is 65.6 Å². The summed E-state index contributed by atoms with van der Waals surface area (Å²) in [7, 11) is 0. The predicted molar refractivity (Wildman–Crippen MR) is 338 cm³/mol. The summed E-state index contributed by atoms with van der Waals surface area (Å²) >= 11 is 0. The van der Waals surface area contributed by atoms with Crippen molar-refractivity contribution in [1.82, 2.24) is 14.1 Å². The number of nitrogens with zero attached hydrogens (tertiary/aromatic N) is 5. The van der Waals surface area contributed by atoms with Gasteiger partial charge in [-0.05, 0) is 99.5 Å². The molecule has 0 bridgehead atoms. The first-order valence-corrected chi connectivity index (χ1v) is 27.6. The molecule has 4 heterocycles. The number of benzene rings is 10. The van der Waals surface area contributed by atoms with E-state index in [9.17, 15) is 0 Å². The van der Waals surface area contributed by atoms with Gasteiger partial charge in [0.05, 0.1) is 24.7 Å². The second-order valence-corrected chi connectivity index (χ2v) is 21.5. The molecule has 0 radical (unpaired) electrons. The summed E-state index contributed by atoms with van der Waals surface area (Å²) in [6.45, 7) is 15.0. The number of anilines is 4. The van der Waals surface area contributed by atoms with Crippen LogP contribution >= 0.6 is 0 Å². The molecule has 0 aliphatic carbocycles. The Hall–Kier alpha value is -9.16. The molecule has 8 heteroatoms. The first-order chi connectivity index (χ1) is 44.3. The predicted octanol–water partition coefficient (Wildman–Crippen LogP) is 20.6. The van der Waals surface area contributed by atoms with Crippen molar-refractivity contribution in [1.29, 1.82) is 0 Å². The summed E-state index contributed by atoms with van der Waals surface area (Å²) in [6, 6.07) is 55.4. The minimum absolute atomic E-state index is 0. The van der Waals surface area contributed by atoms with Crippen molar-refractivity contribution in [2.75, 3.05) is 9.80 Å². The fourth-order valence-corrected chi connectivity index (χ4v) is 11.5. The van der Waals surface area contributed by atoms with Gasteiger partial charge in [0.25, 0.3) is 0 Å². The molecular formula is C75H60N5O2Pt-3. The minimum atomic E-state index is -0.573. The summed E-state index contributed by atoms with van der Waals surface area (Å²) in [5.74, 6) is 3.58. The zero-order chi connectivity index (χ0) is 64.3. The van der Waals surface area contributed by atoms with Crippen molar-refractivity contribution < 1.29 is 44.2 Å². The maximum absolute atomic E-state index is 9.14. The van der Waals surface area contributed by atoms with Gasteiger partial charge in [0, 0.05) is 95.0 Å². The Kier molecular flexibility index (Phi) is 11.3. The summed E-state index contributed by atoms with van der Waals surface area (Å²) in [5.41, 5.74) is 10.3. The molecule has 410 valence electrons. The number of hydrogen-bond donors (Lipinski definition) is 0. The van der Waals surface area contributed by atoms with Gasteiger partial charge in [-0.15, -0.1) is 48.1 Å². The standard InChI is InChI=1S/C75H60N5O2.Pt/c1-48(2)53-41-64(49(3)4)75(65(42-53)50(5)6)82-58-39-40-76-73(46-58)80-69-38-35-55(79-67-31-15-13-27-61(67)62-28-14-16-32-68(62)79)44-66(69)63-37-36-57(45-72(63)80)81-56-26-19-25-54(43-56)77-47-78(71-34-18-17-33-70(71)77)74-59(51-21-9-7-10-22-51)29-20-30-60(74)52-23-11-8-12-24-52;/h7-42,44,46-50H,1-6H3;/q-3;/i7D,8D,9D,10D,11D,12D,21D,22D,23D,24D;. The summed E-state index contributed by atoms with van der Waals surface area (Å²) in [4.78, 5) is 8.65. The van der Waals surface area contributed by atoms with E-state index in [4.69, 9.17) is 28.2 Å². The van der Waals surface area contributed by atoms with Crippen molar-refractivity contribution >= 4 is 66.4 Å². The van der Waals surface area contributed by atoms with E-state index in [1.165, 1.54) is 5.56 Å². The van der Waals surface area contributed by atoms with Crippen LogP contribution in [0.25, 0.3) is 77.4 Å². The third kappa shape index (κ3) is 9.53. The fourth-order valence-electron chi connectivity index (χ4n) is 11.5. The molecule has 7 nitrogen and oxygen atoms in total. The van der Waals surface area contributed by atoms with E-state index in [-0.39, 0.29) is 60.8 Å². The third-order valence-electron chi connectivity index (χ3n) is 15.4. The van der Waals surface area contributed by atoms with E-state index in [1.54, 1.807) is 42.0 Å². The average Bonchev–Trinajstić information content (AvgIpc) is 1.71. The van der Waals surface area contributed by atoms with Gasteiger partial charge >= 0.3 is 0 Å². The van der Waals surface area contributed by atoms with E-state index in [0.29, 0.717) is 51.6 Å². The SMILES string of the molecule is [2H]c1c([2H])c([2H])c(-c2cccc(-c3c([2H])c([2H])c([2H])c([2H])c3[2H])c2N2[CH-]N(c3[c-]c(Oc4[c-]c5c(cc4)c4cc(-n6c7ccccc7c7ccccc76)ccc4n5-c4cc(Oc5c(C(C)C)cc(C(C)C)cc5C(C)C)ccn4)ccc3)c3ccccc32)c([2H])c1[2H].[Pt]. The van der Waals surface area contributed by atoms with Gasteiger partial charge in [-0.2, -0.15) is 12.1 Å². The van der Waals surface area contributed by atoms with Crippen molar-refractivity contribution in [2.45, 2.75) is 59.3 Å². The Morgan fingerprint density at radius 3 is 1.72 bits per heavy atom. The van der Waals surface area contributed by atoms with Gasteiger partial charge in [-0.1, -0.05) is 186 Å². The molecule has 0 unspecified atom stereocenters. The largest absolute Gasteiger partial charge is 0.509 e. The molecule has 0 saturated heterocycles. The van der Waals surface area contributed by atoms with Gasteiger partial charge in [-0.25, -0.2) is 4.98 Å². The number of para-hydroxylation sites is 5. The van der Waals surface area contributed by atoms with Gasteiger partial charge in [0.15, 0.2) is 0 Å². The van der Waals surface area contributed by atoms with Crippen LogP contribution in [-0.2, 0) is 21.1 Å². The van der Waals surface area contributed by atoms with Crippen LogP contribution in [0.2, 0.25) is 0 Å². The zero-order valence-corrected chi connectivity index (χ0v) is 48.6. The summed E-state index contributed by atoms with van der Waals surface area (Å²) < 4.78 is 106. The Labute approximate surface area is 514 Å². The van der Waals surface area contributed by atoms with Gasteiger partial charge in [0.2, 0.25) is 0 Å². The second-order valence-electron chi connectivity index (χ2n) is 21.5. The number of hydrogen-bond acceptors (Lipinski definition) is 5. The number of aromatic nitrogens is 3. The van der Waals surface area contributed by atoms with Crippen molar-refractivity contribution in [3.63, 3.8) is 0 Å². The Bertz CT molecular complexity index is 4970. The van der Waals surface area contributed by atoms with Gasteiger partial charge in [-0.3, -0.25) is 0 Å². The van der Waals surface area contributed by atoms with Crippen LogP contribution in [0.3, 0.4) is 0 Å². The Balaban J connectivity index is 0.00000787. The van der Waals surface area contributed by atoms with Crippen LogP contribution in [0.1, 0.15) is 89.7 Å². The number of pyridine rings is 1. The molecule has 3 aromatic heterocycles. The number of rotatable bonds is 13. The molecule has 0 N–H and O–H groups in total. The third-order valence-corrected chi connectivity index (χ3v) is 15.4. The van der Waals surface area contributed by atoms with Crippen LogP contribution in [-0.4, -0.2) is 14.1 Å². The van der Waals surface area contributed by atoms with Crippen LogP contribution in [0.5, 0.6) is 23.0 Å². The Morgan fingerprint density at radius 1 is 0.494 bits per heavy atom. The van der Waals surface area contributed by atoms with Crippen molar-refractivity contribution in [3.05, 3.63) is 266 Å². The van der Waals surface area contributed by atoms with E-state index in [2.05, 4.69) is 142 Å². The smallest absolute Gasteiger partial charge is 0.139 e. The number of fused-ring (bicyclic) bond motifs is 7. The second kappa shape index (κ2) is 22.0. The maximum atomic E-state index is 9.14. The molecule has 1 aliphatic heterocycles. The normalized spacial score (nSPS) is 14.0. The van der Waals surface area contributed by atoms with E-state index >= 15 is 0 Å². The van der Waals surface area contributed by atoms with Crippen LogP contribution in [0.15, 0.2) is 230 Å². The van der Waals surface area contributed by atoms with Crippen molar-refractivity contribution in [2.24, 2.45) is 0 Å². The summed E-state index contributed by atoms with van der Waals surface area (Å²) in [6.07, 6.45) is 1.78. The molecule has 10 aromatic carbocycles. The monoisotopic (exact) mass is 1270 g/mol. The molecule has 13 aromatic rings. The molecule has 0 amide bonds. The molecule has 1 aliphatic rings. The zero-order valence-electron chi connectivity index (χ0n) is 56.3. The van der Waals surface area contributed by atoms with Crippen LogP contribution in [0, 0.1) is 18.8 Å². The number of ether oxygens (including phenoxy) is 2. The maximum Gasteiger partial charge on any atom is 0.139 e. The van der Waals surface area contributed by atoms with Crippen molar-refractivity contribution in [3.8, 4) is 56.8 Å². The van der Waals surface area contributed by atoms with E-state index < -0.39 is 60.4 Å². The molecule has 14 rings (SSSR count). The van der Waals surface area contributed by atoms with Gasteiger partial charge < -0.3 is 28.4 Å². The topological polar surface area (TPSA) is 47.7 Å². The molecular weight excluding hydrogens is 1200 g/mol. The minimum Gasteiger partial charge on any atom is -0.509 e. The quantitative estimate of drug-likeness (QED) is 0.108.